The van der Waals surface area contributed by atoms with Crippen molar-refractivity contribution >= 4 is 52.2 Å². The van der Waals surface area contributed by atoms with Gasteiger partial charge in [-0.3, -0.25) is 9.69 Å². The van der Waals surface area contributed by atoms with Gasteiger partial charge in [0.25, 0.3) is 5.91 Å². The quantitative estimate of drug-likeness (QED) is 0.333. The van der Waals surface area contributed by atoms with Crippen LogP contribution in [0.5, 0.6) is 11.5 Å². The van der Waals surface area contributed by atoms with E-state index in [1.54, 1.807) is 42.5 Å². The second-order valence-corrected chi connectivity index (χ2v) is 9.28. The van der Waals surface area contributed by atoms with E-state index in [9.17, 15) is 19.1 Å². The van der Waals surface area contributed by atoms with E-state index in [0.717, 1.165) is 5.56 Å². The predicted octanol–water partition coefficient (Wildman–Crippen LogP) is 6.39. The minimum Gasteiger partial charge on any atom is -0.493 e. The maximum Gasteiger partial charge on any atom is 0.335 e. The Labute approximate surface area is 222 Å². The fraction of sp³-hybridized carbons (Fsp3) is 0.148. The van der Waals surface area contributed by atoms with Crippen molar-refractivity contribution in [2.24, 2.45) is 4.99 Å². The first-order chi connectivity index (χ1) is 17.8. The van der Waals surface area contributed by atoms with Crippen LogP contribution in [0.3, 0.4) is 0 Å². The number of nitrogens with zero attached hydrogens (tertiary/aromatic N) is 2. The molecule has 0 aromatic heterocycles. The Bertz CT molecular complexity index is 1410. The lowest BCUT2D eigenvalue weighted by Gasteiger charge is -2.14. The number of carbonyl (C=O) groups is 2. The number of likely N-dealkylation sites (N-methyl/N-ethyl adjacent to an activating group) is 1. The van der Waals surface area contributed by atoms with Crippen molar-refractivity contribution in [1.29, 1.82) is 0 Å². The molecule has 3 aromatic rings. The molecule has 1 aliphatic rings. The molecule has 3 aromatic carbocycles. The minimum absolute atomic E-state index is 0.110. The molecule has 0 bridgehead atoms. The Hall–Kier alpha value is -3.82. The third kappa shape index (κ3) is 6.12. The second-order valence-electron chi connectivity index (χ2n) is 7.86. The highest BCUT2D eigenvalue weighted by Gasteiger charge is 2.32. The van der Waals surface area contributed by atoms with E-state index >= 15 is 0 Å². The zero-order chi connectivity index (χ0) is 26.5. The molecule has 0 aliphatic carbocycles. The summed E-state index contributed by atoms with van der Waals surface area (Å²) >= 11 is 7.67. The first-order valence-electron chi connectivity index (χ1n) is 11.2. The van der Waals surface area contributed by atoms with Crippen molar-refractivity contribution in [2.45, 2.75) is 13.5 Å². The van der Waals surface area contributed by atoms with E-state index in [1.165, 1.54) is 48.0 Å². The maximum atomic E-state index is 13.2. The van der Waals surface area contributed by atoms with Gasteiger partial charge in [0.1, 0.15) is 12.4 Å². The van der Waals surface area contributed by atoms with E-state index in [4.69, 9.17) is 21.1 Å². The van der Waals surface area contributed by atoms with Crippen LogP contribution in [0.2, 0.25) is 5.02 Å². The molecule has 1 fully saturated rings. The number of carboxylic acids is 1. The van der Waals surface area contributed by atoms with Gasteiger partial charge < -0.3 is 14.6 Å². The third-order valence-electron chi connectivity index (χ3n) is 5.37. The SMILES string of the molecule is CCN1C(=O)/C(=C/c2cc(Cl)c(OCc3ccc(F)cc3)c(OC)c2)SC1=Nc1cccc(C(=O)O)c1. The van der Waals surface area contributed by atoms with Gasteiger partial charge in [-0.25, -0.2) is 14.2 Å². The maximum absolute atomic E-state index is 13.2. The average molecular weight is 541 g/mol. The number of hydrogen-bond donors (Lipinski definition) is 1. The highest BCUT2D eigenvalue weighted by atomic mass is 35.5. The second kappa shape index (κ2) is 11.5. The molecule has 1 heterocycles. The largest absolute Gasteiger partial charge is 0.493 e. The lowest BCUT2D eigenvalue weighted by molar-refractivity contribution is -0.122. The molecule has 0 saturated carbocycles. The summed E-state index contributed by atoms with van der Waals surface area (Å²) in [6.07, 6.45) is 1.68. The van der Waals surface area contributed by atoms with Crippen LogP contribution in [0.25, 0.3) is 6.08 Å². The molecule has 10 heteroatoms. The summed E-state index contributed by atoms with van der Waals surface area (Å²) in [7, 11) is 1.48. The number of rotatable bonds is 8. The molecule has 37 heavy (non-hydrogen) atoms. The average Bonchev–Trinajstić information content (AvgIpc) is 3.17. The topological polar surface area (TPSA) is 88.4 Å². The van der Waals surface area contributed by atoms with Gasteiger partial charge >= 0.3 is 5.97 Å². The fourth-order valence-corrected chi connectivity index (χ4v) is 4.88. The number of aliphatic imine (C=N–C) groups is 1. The number of methoxy groups -OCH3 is 1. The molecule has 1 N–H and O–H groups in total. The number of carboxylic acid groups (broad SMARTS) is 1. The third-order valence-corrected chi connectivity index (χ3v) is 6.66. The van der Waals surface area contributed by atoms with Crippen LogP contribution < -0.4 is 9.47 Å². The summed E-state index contributed by atoms with van der Waals surface area (Å²) in [5.74, 6) is -0.909. The van der Waals surface area contributed by atoms with Crippen LogP contribution in [0.1, 0.15) is 28.4 Å². The fourth-order valence-electron chi connectivity index (χ4n) is 3.54. The Balaban J connectivity index is 1.59. The van der Waals surface area contributed by atoms with Gasteiger partial charge in [0.2, 0.25) is 0 Å². The summed E-state index contributed by atoms with van der Waals surface area (Å²) in [5.41, 5.74) is 1.93. The van der Waals surface area contributed by atoms with Crippen molar-refractivity contribution in [1.82, 2.24) is 4.90 Å². The number of amidine groups is 1. The van der Waals surface area contributed by atoms with Gasteiger partial charge in [0, 0.05) is 6.54 Å². The van der Waals surface area contributed by atoms with Gasteiger partial charge in [0.15, 0.2) is 16.7 Å². The van der Waals surface area contributed by atoms with E-state index < -0.39 is 5.97 Å². The summed E-state index contributed by atoms with van der Waals surface area (Å²) in [5, 5.41) is 9.96. The number of carbonyl (C=O) groups excluding carboxylic acids is 1. The number of amides is 1. The van der Waals surface area contributed by atoms with Crippen LogP contribution in [-0.4, -0.2) is 40.7 Å². The van der Waals surface area contributed by atoms with Crippen molar-refractivity contribution in [3.8, 4) is 11.5 Å². The normalized spacial score (nSPS) is 15.5. The van der Waals surface area contributed by atoms with Crippen LogP contribution in [-0.2, 0) is 11.4 Å². The van der Waals surface area contributed by atoms with Gasteiger partial charge in [-0.15, -0.1) is 0 Å². The van der Waals surface area contributed by atoms with E-state index in [0.29, 0.717) is 39.4 Å². The van der Waals surface area contributed by atoms with Crippen molar-refractivity contribution < 1.29 is 28.6 Å². The van der Waals surface area contributed by atoms with Crippen LogP contribution in [0.4, 0.5) is 10.1 Å². The molecule has 1 saturated heterocycles. The smallest absolute Gasteiger partial charge is 0.335 e. The number of ether oxygens (including phenoxy) is 2. The Morgan fingerprint density at radius 2 is 1.95 bits per heavy atom. The standard InChI is InChI=1S/C27H22ClFN2O5S/c1-3-31-25(32)23(37-27(31)30-20-6-4-5-18(14-20)26(33)34)13-17-11-21(28)24(22(12-17)35-2)36-15-16-7-9-19(29)10-8-16/h4-14H,3,15H2,1-2H3,(H,33,34)/b23-13-,30-27?. The summed E-state index contributed by atoms with van der Waals surface area (Å²) < 4.78 is 24.5. The van der Waals surface area contributed by atoms with Crippen molar-refractivity contribution in [3.05, 3.63) is 93.1 Å². The predicted molar refractivity (Wildman–Crippen MR) is 142 cm³/mol. The molecule has 1 amide bonds. The summed E-state index contributed by atoms with van der Waals surface area (Å²) in [4.78, 5) is 30.8. The van der Waals surface area contributed by atoms with E-state index in [1.807, 2.05) is 6.92 Å². The molecule has 0 atom stereocenters. The Morgan fingerprint density at radius 3 is 2.62 bits per heavy atom. The zero-order valence-corrected chi connectivity index (χ0v) is 21.5. The number of thioether (sulfide) groups is 1. The Morgan fingerprint density at radius 1 is 1.19 bits per heavy atom. The van der Waals surface area contributed by atoms with Crippen LogP contribution >= 0.6 is 23.4 Å². The number of halogens is 2. The molecule has 0 spiro atoms. The zero-order valence-electron chi connectivity index (χ0n) is 19.9. The highest BCUT2D eigenvalue weighted by molar-refractivity contribution is 8.18. The lowest BCUT2D eigenvalue weighted by Crippen LogP contribution is -2.28. The van der Waals surface area contributed by atoms with Gasteiger partial charge in [-0.05, 0) is 78.4 Å². The number of benzene rings is 3. The van der Waals surface area contributed by atoms with E-state index in [2.05, 4.69) is 4.99 Å². The number of hydrogen-bond acceptors (Lipinski definition) is 6. The molecular formula is C27H22ClFN2O5S. The van der Waals surface area contributed by atoms with Gasteiger partial charge in [0.05, 0.1) is 28.3 Å². The first kappa shape index (κ1) is 26.2. The molecule has 190 valence electrons. The summed E-state index contributed by atoms with van der Waals surface area (Å²) in [6.45, 7) is 2.39. The van der Waals surface area contributed by atoms with Gasteiger partial charge in [-0.1, -0.05) is 29.8 Å². The Kier molecular flexibility index (Phi) is 8.15. The van der Waals surface area contributed by atoms with E-state index in [-0.39, 0.29) is 28.9 Å². The molecule has 0 radical (unpaired) electrons. The molecule has 4 rings (SSSR count). The molecular weight excluding hydrogens is 519 g/mol. The monoisotopic (exact) mass is 540 g/mol. The molecule has 0 unspecified atom stereocenters. The number of aromatic carboxylic acids is 1. The van der Waals surface area contributed by atoms with Crippen molar-refractivity contribution in [3.63, 3.8) is 0 Å². The van der Waals surface area contributed by atoms with Crippen molar-refractivity contribution in [2.75, 3.05) is 13.7 Å². The van der Waals surface area contributed by atoms with Crippen LogP contribution in [0.15, 0.2) is 70.6 Å². The minimum atomic E-state index is -1.05. The summed E-state index contributed by atoms with van der Waals surface area (Å²) in [6, 6.07) is 15.5. The molecule has 1 aliphatic heterocycles. The lowest BCUT2D eigenvalue weighted by atomic mass is 10.1. The first-order valence-corrected chi connectivity index (χ1v) is 12.4. The molecule has 7 nitrogen and oxygen atoms in total. The van der Waals surface area contributed by atoms with Gasteiger partial charge in [-0.2, -0.15) is 0 Å². The highest BCUT2D eigenvalue weighted by Crippen LogP contribution is 2.39. The van der Waals surface area contributed by atoms with Crippen LogP contribution in [0, 0.1) is 5.82 Å².